The molecule has 7 heteroatoms. The summed E-state index contributed by atoms with van der Waals surface area (Å²) in [6.07, 6.45) is 0. The number of carboxylic acids is 1. The fourth-order valence-corrected chi connectivity index (χ4v) is 1.67. The van der Waals surface area contributed by atoms with Crippen molar-refractivity contribution in [1.29, 1.82) is 0 Å². The lowest BCUT2D eigenvalue weighted by Crippen LogP contribution is -2.13. The number of aromatic carboxylic acids is 1. The van der Waals surface area contributed by atoms with E-state index in [1.807, 2.05) is 0 Å². The van der Waals surface area contributed by atoms with Crippen molar-refractivity contribution in [2.75, 3.05) is 0 Å². The highest BCUT2D eigenvalue weighted by Crippen LogP contribution is 2.10. The Labute approximate surface area is 85.5 Å². The molecule has 0 aromatic heterocycles. The van der Waals surface area contributed by atoms with Gasteiger partial charge in [-0.2, -0.15) is 0 Å². The molecule has 0 aliphatic rings. The Morgan fingerprint density at radius 2 is 1.79 bits per heavy atom. The van der Waals surface area contributed by atoms with Crippen LogP contribution in [0, 0.1) is 0 Å². The summed E-state index contributed by atoms with van der Waals surface area (Å²) in [5.41, 5.74) is 0.0125. The highest BCUT2D eigenvalue weighted by molar-refractivity contribution is 7.90. The van der Waals surface area contributed by atoms with Crippen molar-refractivity contribution in [1.82, 2.24) is 4.24 Å². The average molecular weight is 236 g/mol. The van der Waals surface area contributed by atoms with E-state index in [0.717, 1.165) is 12.1 Å². The summed E-state index contributed by atoms with van der Waals surface area (Å²) in [4.78, 5) is 10.4. The summed E-state index contributed by atoms with van der Waals surface area (Å²) in [7, 11) is -3.72. The normalized spacial score (nSPS) is 11.2. The molecule has 0 atom stereocenters. The third kappa shape index (κ3) is 2.22. The van der Waals surface area contributed by atoms with E-state index in [0.29, 0.717) is 0 Å². The molecule has 0 bridgehead atoms. The molecule has 14 heavy (non-hydrogen) atoms. The Bertz CT molecular complexity index is 439. The van der Waals surface area contributed by atoms with E-state index in [4.69, 9.17) is 16.9 Å². The molecule has 0 saturated heterocycles. The van der Waals surface area contributed by atoms with E-state index < -0.39 is 16.0 Å². The van der Waals surface area contributed by atoms with Crippen LogP contribution in [0.4, 0.5) is 0 Å². The van der Waals surface area contributed by atoms with Gasteiger partial charge in [-0.1, -0.05) is 0 Å². The van der Waals surface area contributed by atoms with Crippen LogP contribution in [-0.4, -0.2) is 19.5 Å². The first kappa shape index (κ1) is 11.0. The van der Waals surface area contributed by atoms with Crippen molar-refractivity contribution in [3.8, 4) is 0 Å². The smallest absolute Gasteiger partial charge is 0.335 e. The van der Waals surface area contributed by atoms with Gasteiger partial charge in [0.1, 0.15) is 0 Å². The van der Waals surface area contributed by atoms with E-state index in [1.165, 1.54) is 12.1 Å². The van der Waals surface area contributed by atoms with Crippen LogP contribution in [-0.2, 0) is 10.0 Å². The second-order valence-electron chi connectivity index (χ2n) is 2.41. The second kappa shape index (κ2) is 3.95. The number of carbonyl (C=O) groups is 1. The van der Waals surface area contributed by atoms with Crippen molar-refractivity contribution in [2.45, 2.75) is 4.90 Å². The number of benzene rings is 1. The third-order valence-electron chi connectivity index (χ3n) is 1.51. The summed E-state index contributed by atoms with van der Waals surface area (Å²) in [5, 5.41) is 8.54. The van der Waals surface area contributed by atoms with Gasteiger partial charge in [0.25, 0.3) is 10.0 Å². The Morgan fingerprint density at radius 1 is 1.29 bits per heavy atom. The molecule has 1 aromatic carbocycles. The molecule has 2 N–H and O–H groups in total. The van der Waals surface area contributed by atoms with Crippen LogP contribution < -0.4 is 4.24 Å². The summed E-state index contributed by atoms with van der Waals surface area (Å²) in [6, 6.07) is 4.69. The number of halogens is 1. The zero-order valence-electron chi connectivity index (χ0n) is 6.77. The summed E-state index contributed by atoms with van der Waals surface area (Å²) < 4.78 is 23.8. The fraction of sp³-hybridized carbons (Fsp3) is 0. The molecule has 1 aromatic rings. The number of rotatable bonds is 3. The maximum Gasteiger partial charge on any atom is 0.335 e. The van der Waals surface area contributed by atoms with Crippen molar-refractivity contribution >= 4 is 27.8 Å². The van der Waals surface area contributed by atoms with E-state index in [2.05, 4.69) is 0 Å². The summed E-state index contributed by atoms with van der Waals surface area (Å²) >= 11 is 4.98. The monoisotopic (exact) mass is 235 g/mol. The standard InChI is InChI=1S/C7H6ClNO4S/c8-9-14(12,13)6-3-1-5(2-4-6)7(10)11/h1-4,9H,(H,10,11). The van der Waals surface area contributed by atoms with Gasteiger partial charge in [-0.05, 0) is 36.0 Å². The fourth-order valence-electron chi connectivity index (χ4n) is 0.821. The van der Waals surface area contributed by atoms with Crippen molar-refractivity contribution in [2.24, 2.45) is 0 Å². The van der Waals surface area contributed by atoms with Crippen LogP contribution in [0.1, 0.15) is 10.4 Å². The Balaban J connectivity index is 3.12. The van der Waals surface area contributed by atoms with Gasteiger partial charge < -0.3 is 5.11 Å². The molecule has 0 spiro atoms. The maximum absolute atomic E-state index is 11.1. The number of nitrogens with one attached hydrogen (secondary N) is 1. The quantitative estimate of drug-likeness (QED) is 0.760. The Morgan fingerprint density at radius 3 is 2.14 bits per heavy atom. The predicted molar refractivity (Wildman–Crippen MR) is 49.6 cm³/mol. The summed E-state index contributed by atoms with van der Waals surface area (Å²) in [5.74, 6) is -1.12. The number of hydrogen-bond acceptors (Lipinski definition) is 3. The van der Waals surface area contributed by atoms with E-state index >= 15 is 0 Å². The molecular formula is C7H6ClNO4S. The number of hydrogen-bond donors (Lipinski definition) is 2. The molecule has 5 nitrogen and oxygen atoms in total. The minimum absolute atomic E-state index is 0.0125. The predicted octanol–water partition coefficient (Wildman–Crippen LogP) is 0.817. The molecule has 0 aliphatic heterocycles. The topological polar surface area (TPSA) is 83.5 Å². The van der Waals surface area contributed by atoms with Gasteiger partial charge in [0.05, 0.1) is 10.5 Å². The van der Waals surface area contributed by atoms with Crippen LogP contribution in [0.15, 0.2) is 29.2 Å². The minimum Gasteiger partial charge on any atom is -0.478 e. The average Bonchev–Trinajstić information content (AvgIpc) is 2.18. The molecule has 0 aliphatic carbocycles. The van der Waals surface area contributed by atoms with Crippen LogP contribution in [0.25, 0.3) is 0 Å². The molecule has 0 heterocycles. The first-order valence-electron chi connectivity index (χ1n) is 3.43. The van der Waals surface area contributed by atoms with Crippen molar-refractivity contribution in [3.05, 3.63) is 29.8 Å². The first-order valence-corrected chi connectivity index (χ1v) is 5.29. The van der Waals surface area contributed by atoms with Crippen molar-refractivity contribution < 1.29 is 18.3 Å². The first-order chi connectivity index (χ1) is 6.47. The zero-order chi connectivity index (χ0) is 10.8. The van der Waals surface area contributed by atoms with Gasteiger partial charge in [0.2, 0.25) is 0 Å². The minimum atomic E-state index is -3.72. The molecule has 0 saturated carbocycles. The lowest BCUT2D eigenvalue weighted by molar-refractivity contribution is 0.0697. The summed E-state index contributed by atoms with van der Waals surface area (Å²) in [6.45, 7) is 0. The van der Waals surface area contributed by atoms with E-state index in [9.17, 15) is 13.2 Å². The highest BCUT2D eigenvalue weighted by atomic mass is 35.5. The molecule has 1 rings (SSSR count). The Hall–Kier alpha value is -1.11. The SMILES string of the molecule is O=C(O)c1ccc(S(=O)(=O)NCl)cc1. The van der Waals surface area contributed by atoms with Gasteiger partial charge in [-0.3, -0.25) is 0 Å². The van der Waals surface area contributed by atoms with Crippen LogP contribution in [0.3, 0.4) is 0 Å². The Kier molecular flexibility index (Phi) is 3.10. The maximum atomic E-state index is 11.1. The molecule has 0 fully saturated rings. The van der Waals surface area contributed by atoms with Gasteiger partial charge >= 0.3 is 5.97 Å². The molecule has 76 valence electrons. The third-order valence-corrected chi connectivity index (χ3v) is 3.22. The lowest BCUT2D eigenvalue weighted by Gasteiger charge is -2.00. The van der Waals surface area contributed by atoms with Gasteiger partial charge in [-0.15, -0.1) is 4.24 Å². The second-order valence-corrected chi connectivity index (χ2v) is 4.51. The van der Waals surface area contributed by atoms with Crippen LogP contribution in [0.2, 0.25) is 0 Å². The number of carboxylic acid groups (broad SMARTS) is 1. The lowest BCUT2D eigenvalue weighted by atomic mass is 10.2. The highest BCUT2D eigenvalue weighted by Gasteiger charge is 2.12. The number of sulfonamides is 1. The molecular weight excluding hydrogens is 230 g/mol. The van der Waals surface area contributed by atoms with Gasteiger partial charge in [0.15, 0.2) is 0 Å². The van der Waals surface area contributed by atoms with Gasteiger partial charge in [0, 0.05) is 0 Å². The van der Waals surface area contributed by atoms with Gasteiger partial charge in [-0.25, -0.2) is 13.2 Å². The molecule has 0 amide bonds. The van der Waals surface area contributed by atoms with E-state index in [-0.39, 0.29) is 10.5 Å². The van der Waals surface area contributed by atoms with Crippen molar-refractivity contribution in [3.63, 3.8) is 0 Å². The largest absolute Gasteiger partial charge is 0.478 e. The van der Waals surface area contributed by atoms with Crippen LogP contribution in [0.5, 0.6) is 0 Å². The molecule has 0 radical (unpaired) electrons. The van der Waals surface area contributed by atoms with Crippen LogP contribution >= 0.6 is 11.8 Å². The van der Waals surface area contributed by atoms with E-state index in [1.54, 1.807) is 4.24 Å². The molecule has 0 unspecified atom stereocenters. The zero-order valence-corrected chi connectivity index (χ0v) is 8.34.